The van der Waals surface area contributed by atoms with Crippen LogP contribution in [-0.2, 0) is 11.3 Å². The fraction of sp³-hybridized carbons (Fsp3) is 0.400. The van der Waals surface area contributed by atoms with Crippen molar-refractivity contribution in [1.82, 2.24) is 5.32 Å². The SMILES string of the molecule is O=C(CCC(F)(F)F)NCc1ccc(C(=O)O)o1. The molecule has 0 bridgehead atoms. The Bertz CT molecular complexity index is 439. The van der Waals surface area contributed by atoms with E-state index in [-0.39, 0.29) is 18.1 Å². The summed E-state index contributed by atoms with van der Waals surface area (Å²) in [4.78, 5) is 21.5. The van der Waals surface area contributed by atoms with E-state index in [0.717, 1.165) is 0 Å². The highest BCUT2D eigenvalue weighted by molar-refractivity contribution is 5.84. The summed E-state index contributed by atoms with van der Waals surface area (Å²) in [7, 11) is 0. The van der Waals surface area contributed by atoms with Crippen molar-refractivity contribution < 1.29 is 32.3 Å². The zero-order chi connectivity index (χ0) is 13.8. The van der Waals surface area contributed by atoms with Gasteiger partial charge < -0.3 is 14.8 Å². The summed E-state index contributed by atoms with van der Waals surface area (Å²) in [5.41, 5.74) is 0. The number of carbonyl (C=O) groups is 2. The van der Waals surface area contributed by atoms with E-state index in [0.29, 0.717) is 0 Å². The molecular weight excluding hydrogens is 255 g/mol. The van der Waals surface area contributed by atoms with Gasteiger partial charge in [-0.3, -0.25) is 4.79 Å². The minimum atomic E-state index is -4.38. The summed E-state index contributed by atoms with van der Waals surface area (Å²) in [6.45, 7) is -0.149. The molecule has 0 fully saturated rings. The second-order valence-corrected chi connectivity index (χ2v) is 3.46. The molecule has 1 heterocycles. The summed E-state index contributed by atoms with van der Waals surface area (Å²) in [6.07, 6.45) is -6.24. The Morgan fingerprint density at radius 2 is 2.00 bits per heavy atom. The first-order chi connectivity index (χ1) is 8.28. The molecule has 0 aliphatic carbocycles. The van der Waals surface area contributed by atoms with Gasteiger partial charge in [0.1, 0.15) is 5.76 Å². The molecule has 18 heavy (non-hydrogen) atoms. The number of hydrogen-bond donors (Lipinski definition) is 2. The summed E-state index contributed by atoms with van der Waals surface area (Å²) in [6, 6.07) is 2.52. The Labute approximate surface area is 99.6 Å². The van der Waals surface area contributed by atoms with Gasteiger partial charge in [-0.15, -0.1) is 0 Å². The molecule has 1 rings (SSSR count). The van der Waals surface area contributed by atoms with E-state index in [4.69, 9.17) is 9.52 Å². The first-order valence-corrected chi connectivity index (χ1v) is 4.93. The zero-order valence-corrected chi connectivity index (χ0v) is 9.08. The first-order valence-electron chi connectivity index (χ1n) is 4.93. The summed E-state index contributed by atoms with van der Waals surface area (Å²) in [5.74, 6) is -2.17. The lowest BCUT2D eigenvalue weighted by Crippen LogP contribution is -2.24. The number of nitrogens with one attached hydrogen (secondary N) is 1. The van der Waals surface area contributed by atoms with E-state index < -0.39 is 30.9 Å². The predicted octanol–water partition coefficient (Wildman–Crippen LogP) is 1.94. The minimum Gasteiger partial charge on any atom is -0.475 e. The van der Waals surface area contributed by atoms with Crippen molar-refractivity contribution in [2.75, 3.05) is 0 Å². The van der Waals surface area contributed by atoms with Crippen LogP contribution in [0, 0.1) is 0 Å². The van der Waals surface area contributed by atoms with Crippen molar-refractivity contribution in [2.24, 2.45) is 0 Å². The smallest absolute Gasteiger partial charge is 0.389 e. The largest absolute Gasteiger partial charge is 0.475 e. The second-order valence-electron chi connectivity index (χ2n) is 3.46. The van der Waals surface area contributed by atoms with Crippen LogP contribution in [0.1, 0.15) is 29.2 Å². The molecule has 1 aromatic rings. The number of carboxylic acids is 1. The monoisotopic (exact) mass is 265 g/mol. The van der Waals surface area contributed by atoms with Crippen molar-refractivity contribution in [2.45, 2.75) is 25.6 Å². The number of carboxylic acid groups (broad SMARTS) is 1. The summed E-state index contributed by atoms with van der Waals surface area (Å²) >= 11 is 0. The molecule has 0 spiro atoms. The molecule has 2 N–H and O–H groups in total. The zero-order valence-electron chi connectivity index (χ0n) is 9.08. The number of hydrogen-bond acceptors (Lipinski definition) is 3. The van der Waals surface area contributed by atoms with E-state index in [1.165, 1.54) is 12.1 Å². The molecular formula is C10H10F3NO4. The van der Waals surface area contributed by atoms with Crippen molar-refractivity contribution in [3.63, 3.8) is 0 Å². The van der Waals surface area contributed by atoms with Gasteiger partial charge in [-0.05, 0) is 12.1 Å². The molecule has 0 aliphatic rings. The number of halogens is 3. The Morgan fingerprint density at radius 1 is 1.33 bits per heavy atom. The Morgan fingerprint density at radius 3 is 2.50 bits per heavy atom. The number of carbonyl (C=O) groups excluding carboxylic acids is 1. The van der Waals surface area contributed by atoms with E-state index in [2.05, 4.69) is 5.32 Å². The van der Waals surface area contributed by atoms with Gasteiger partial charge in [-0.1, -0.05) is 0 Å². The van der Waals surface area contributed by atoms with E-state index >= 15 is 0 Å². The van der Waals surface area contributed by atoms with Crippen LogP contribution in [0.25, 0.3) is 0 Å². The molecule has 0 atom stereocenters. The van der Waals surface area contributed by atoms with Crippen molar-refractivity contribution in [3.05, 3.63) is 23.7 Å². The topological polar surface area (TPSA) is 79.5 Å². The number of aromatic carboxylic acids is 1. The molecule has 8 heteroatoms. The number of alkyl halides is 3. The Balaban J connectivity index is 2.36. The standard InChI is InChI=1S/C10H10F3NO4/c11-10(12,13)4-3-8(15)14-5-6-1-2-7(18-6)9(16)17/h1-2H,3-5H2,(H,14,15)(H,16,17). The van der Waals surface area contributed by atoms with Crippen molar-refractivity contribution in [1.29, 1.82) is 0 Å². The fourth-order valence-corrected chi connectivity index (χ4v) is 1.12. The van der Waals surface area contributed by atoms with Gasteiger partial charge in [0.25, 0.3) is 0 Å². The highest BCUT2D eigenvalue weighted by atomic mass is 19.4. The maximum absolute atomic E-state index is 11.8. The van der Waals surface area contributed by atoms with Crippen LogP contribution in [-0.4, -0.2) is 23.2 Å². The van der Waals surface area contributed by atoms with Gasteiger partial charge in [0.05, 0.1) is 13.0 Å². The highest BCUT2D eigenvalue weighted by Crippen LogP contribution is 2.21. The van der Waals surface area contributed by atoms with Gasteiger partial charge in [0.2, 0.25) is 11.7 Å². The van der Waals surface area contributed by atoms with Crippen LogP contribution in [0.5, 0.6) is 0 Å². The quantitative estimate of drug-likeness (QED) is 0.852. The lowest BCUT2D eigenvalue weighted by atomic mass is 10.3. The number of rotatable bonds is 5. The normalized spacial score (nSPS) is 11.3. The van der Waals surface area contributed by atoms with Crippen molar-refractivity contribution >= 4 is 11.9 Å². The third kappa shape index (κ3) is 4.89. The first kappa shape index (κ1) is 14.1. The molecule has 0 aliphatic heterocycles. The average Bonchev–Trinajstić information content (AvgIpc) is 2.71. The Kier molecular flexibility index (Phi) is 4.35. The van der Waals surface area contributed by atoms with Gasteiger partial charge in [0.15, 0.2) is 0 Å². The van der Waals surface area contributed by atoms with E-state index in [1.807, 2.05) is 0 Å². The van der Waals surface area contributed by atoms with Crippen LogP contribution in [0.3, 0.4) is 0 Å². The van der Waals surface area contributed by atoms with Gasteiger partial charge >= 0.3 is 12.1 Å². The average molecular weight is 265 g/mol. The number of amides is 1. The lowest BCUT2D eigenvalue weighted by Gasteiger charge is -2.06. The van der Waals surface area contributed by atoms with Crippen LogP contribution < -0.4 is 5.32 Å². The molecule has 5 nitrogen and oxygen atoms in total. The van der Waals surface area contributed by atoms with Gasteiger partial charge in [0, 0.05) is 6.42 Å². The van der Waals surface area contributed by atoms with Crippen LogP contribution >= 0.6 is 0 Å². The van der Waals surface area contributed by atoms with E-state index in [1.54, 1.807) is 0 Å². The number of furan rings is 1. The molecule has 0 saturated heterocycles. The molecule has 0 saturated carbocycles. The van der Waals surface area contributed by atoms with Crippen LogP contribution in [0.15, 0.2) is 16.5 Å². The third-order valence-electron chi connectivity index (χ3n) is 1.97. The lowest BCUT2D eigenvalue weighted by molar-refractivity contribution is -0.144. The van der Waals surface area contributed by atoms with Crippen LogP contribution in [0.2, 0.25) is 0 Å². The Hall–Kier alpha value is -1.99. The van der Waals surface area contributed by atoms with Gasteiger partial charge in [-0.2, -0.15) is 13.2 Å². The third-order valence-corrected chi connectivity index (χ3v) is 1.97. The molecule has 0 unspecified atom stereocenters. The molecule has 1 amide bonds. The second kappa shape index (κ2) is 5.56. The maximum Gasteiger partial charge on any atom is 0.389 e. The summed E-state index contributed by atoms with van der Waals surface area (Å²) in [5, 5.41) is 10.7. The van der Waals surface area contributed by atoms with E-state index in [9.17, 15) is 22.8 Å². The molecule has 0 radical (unpaired) electrons. The van der Waals surface area contributed by atoms with Crippen LogP contribution in [0.4, 0.5) is 13.2 Å². The minimum absolute atomic E-state index is 0.149. The fourth-order valence-electron chi connectivity index (χ4n) is 1.12. The molecule has 0 aromatic carbocycles. The van der Waals surface area contributed by atoms with Gasteiger partial charge in [-0.25, -0.2) is 4.79 Å². The predicted molar refractivity (Wildman–Crippen MR) is 52.8 cm³/mol. The highest BCUT2D eigenvalue weighted by Gasteiger charge is 2.27. The maximum atomic E-state index is 11.8. The summed E-state index contributed by atoms with van der Waals surface area (Å²) < 4.78 is 40.2. The molecule has 100 valence electrons. The van der Waals surface area contributed by atoms with Crippen molar-refractivity contribution in [3.8, 4) is 0 Å². The molecule has 1 aromatic heterocycles.